The summed E-state index contributed by atoms with van der Waals surface area (Å²) in [5, 5.41) is -0.348. The average molecular weight is 1410 g/mol. The van der Waals surface area contributed by atoms with Crippen LogP contribution in [0.25, 0.3) is 0 Å². The van der Waals surface area contributed by atoms with Gasteiger partial charge < -0.3 is 23.5 Å². The number of benzene rings is 6. The molecular formula is C80H101O14S4+. The number of fused-ring (bicyclic) bond motifs is 3. The molecule has 0 N–H and O–H groups in total. The summed E-state index contributed by atoms with van der Waals surface area (Å²) in [6.45, 7) is 18.1. The van der Waals surface area contributed by atoms with Gasteiger partial charge in [0.15, 0.2) is 36.0 Å². The van der Waals surface area contributed by atoms with Crippen LogP contribution in [0.15, 0.2) is 175 Å². The van der Waals surface area contributed by atoms with E-state index in [4.69, 9.17) is 23.1 Å². The number of ketones is 1. The molecule has 6 aliphatic rings. The molecule has 12 rings (SSSR count). The second-order valence-electron chi connectivity index (χ2n) is 28.0. The molecule has 18 heteroatoms. The maximum atomic E-state index is 12.6. The number of esters is 3. The van der Waals surface area contributed by atoms with Crippen LogP contribution in [-0.2, 0) is 74.9 Å². The van der Waals surface area contributed by atoms with Gasteiger partial charge in [0.25, 0.3) is 10.1 Å². The van der Waals surface area contributed by atoms with Crippen molar-refractivity contribution in [1.29, 1.82) is 0 Å². The molecule has 7 unspecified atom stereocenters. The van der Waals surface area contributed by atoms with Crippen LogP contribution in [0.1, 0.15) is 185 Å². The Labute approximate surface area is 589 Å². The molecule has 528 valence electrons. The number of carbonyl (C=O) groups is 4. The van der Waals surface area contributed by atoms with Crippen LogP contribution in [0.5, 0.6) is 11.5 Å². The van der Waals surface area contributed by atoms with Gasteiger partial charge in [-0.25, -0.2) is 13.2 Å². The lowest BCUT2D eigenvalue weighted by Gasteiger charge is -2.37. The van der Waals surface area contributed by atoms with Gasteiger partial charge in [-0.1, -0.05) is 152 Å². The molecule has 5 aliphatic carbocycles. The van der Waals surface area contributed by atoms with Gasteiger partial charge in [-0.15, -0.1) is 0 Å². The minimum Gasteiger partial charge on any atom is -0.748 e. The monoisotopic (exact) mass is 1410 g/mol. The topological polar surface area (TPSA) is 206 Å². The first-order chi connectivity index (χ1) is 46.8. The van der Waals surface area contributed by atoms with E-state index in [1.807, 2.05) is 27.7 Å². The normalized spacial score (nSPS) is 22.5. The van der Waals surface area contributed by atoms with E-state index in [1.165, 1.54) is 67.9 Å². The van der Waals surface area contributed by atoms with Crippen molar-refractivity contribution < 1.29 is 63.7 Å². The van der Waals surface area contributed by atoms with Gasteiger partial charge in [-0.05, 0) is 174 Å². The zero-order valence-electron chi connectivity index (χ0n) is 58.7. The predicted octanol–water partition coefficient (Wildman–Crippen LogP) is 17.3. The quantitative estimate of drug-likeness (QED) is 0.0131. The van der Waals surface area contributed by atoms with Crippen molar-refractivity contribution in [3.05, 3.63) is 168 Å². The molecule has 6 aromatic rings. The lowest BCUT2D eigenvalue weighted by Crippen LogP contribution is -2.42. The number of rotatable bonds is 25. The molecule has 7 atom stereocenters. The molecule has 14 nitrogen and oxygen atoms in total. The Morgan fingerprint density at radius 1 is 0.612 bits per heavy atom. The van der Waals surface area contributed by atoms with Crippen molar-refractivity contribution in [2.75, 3.05) is 12.4 Å². The Morgan fingerprint density at radius 3 is 1.51 bits per heavy atom. The van der Waals surface area contributed by atoms with Gasteiger partial charge in [0.05, 0.1) is 42.9 Å². The second kappa shape index (κ2) is 33.9. The van der Waals surface area contributed by atoms with E-state index in [-0.39, 0.29) is 92.2 Å². The molecule has 1 saturated heterocycles. The minimum absolute atomic E-state index is 0.0248. The first-order valence-electron chi connectivity index (χ1n) is 35.4. The molecule has 5 saturated carbocycles. The maximum Gasteiger partial charge on any atom is 0.344 e. The van der Waals surface area contributed by atoms with Crippen molar-refractivity contribution in [2.45, 2.75) is 243 Å². The van der Waals surface area contributed by atoms with E-state index in [0.29, 0.717) is 32.1 Å². The minimum atomic E-state index is -4.33. The fourth-order valence-electron chi connectivity index (χ4n) is 15.7. The van der Waals surface area contributed by atoms with Crippen molar-refractivity contribution in [2.24, 2.45) is 28.6 Å². The Morgan fingerprint density at radius 2 is 1.08 bits per heavy atom. The third-order valence-electron chi connectivity index (χ3n) is 21.1. The largest absolute Gasteiger partial charge is 0.748 e. The van der Waals surface area contributed by atoms with E-state index in [0.717, 1.165) is 91.5 Å². The molecule has 4 bridgehead atoms. The van der Waals surface area contributed by atoms with Crippen LogP contribution in [-0.4, -0.2) is 80.5 Å². The number of unbranched alkanes of at least 4 members (excludes halogenated alkanes) is 7. The molecule has 98 heavy (non-hydrogen) atoms. The van der Waals surface area contributed by atoms with E-state index in [1.54, 1.807) is 6.92 Å². The first-order valence-corrected chi connectivity index (χ1v) is 40.9. The highest BCUT2D eigenvalue weighted by Crippen LogP contribution is 2.64. The molecule has 0 aromatic heterocycles. The molecular weight excluding hydrogens is 1310 g/mol. The van der Waals surface area contributed by atoms with E-state index >= 15 is 0 Å². The Hall–Kier alpha value is -6.28. The summed E-state index contributed by atoms with van der Waals surface area (Å²) in [6.07, 6.45) is 18.2. The van der Waals surface area contributed by atoms with Gasteiger partial charge in [0.2, 0.25) is 0 Å². The van der Waals surface area contributed by atoms with Crippen LogP contribution in [0.4, 0.5) is 0 Å². The van der Waals surface area contributed by atoms with Crippen molar-refractivity contribution in [3.8, 4) is 11.5 Å². The fourth-order valence-corrected chi connectivity index (χ4v) is 23.4. The summed E-state index contributed by atoms with van der Waals surface area (Å²) >= 11 is 0. The zero-order chi connectivity index (χ0) is 70.4. The maximum absolute atomic E-state index is 12.6. The number of hydrogen-bond donors (Lipinski definition) is 0. The SMILES string of the molecule is CC1(C)C2CCC1(CS(=O)(=O)[O-])C(=O)C2.CCC(=O)OC1C2CC3C1OS(=O)(=O)C3C2.CCC1(OC(=O)COc2c(C)cc([S+](c3ccccc3)c3ccccc3)cc2C)CCCC1.CCCCCCCCCCC(=O)Oc1c(C)cc([S+](c2ccccc2)c2ccccc2)cc1C. The Kier molecular flexibility index (Phi) is 26.3. The van der Waals surface area contributed by atoms with Crippen molar-refractivity contribution >= 4 is 65.7 Å². The van der Waals surface area contributed by atoms with E-state index < -0.39 is 37.5 Å². The van der Waals surface area contributed by atoms with Crippen LogP contribution in [0.3, 0.4) is 0 Å². The summed E-state index contributed by atoms with van der Waals surface area (Å²) in [7, 11) is -8.15. The molecule has 1 heterocycles. The molecule has 0 radical (unpaired) electrons. The highest BCUT2D eigenvalue weighted by atomic mass is 32.2. The number of aryl methyl sites for hydroxylation is 4. The summed E-state index contributed by atoms with van der Waals surface area (Å²) < 4.78 is 84.0. The molecule has 0 amide bonds. The van der Waals surface area contributed by atoms with E-state index in [9.17, 15) is 40.6 Å². The second-order valence-corrected chi connectivity index (χ2v) is 35.2. The standard InChI is InChI=1S/C31H39O2S.C29H33O3S.C10H14O5S.C10H16O4S/c1-4-5-6-7-8-9-10-17-22-30(32)33-31-25(2)23-29(24-26(31)3)34(27-18-13-11-14-19-27)28-20-15-12-16-21-28;1-4-29(17-11-12-18-29)32-27(30)21-31-28-22(2)19-26(20-23(28)3)33(24-13-7-5-8-14-24)25-15-9-6-10-16-25;1-2-8(11)14-9-5-3-6-7(4-5)16(12,13)15-10(6)9;1-9(2)7-3-4-10(9,8(11)5-7)6-15(12,13)14/h11-16,18-21,23-24H,4-10,17,22H2,1-3H3;5-10,13-16,19-20H,4,11-12,17-18,21H2,1-3H3;5-7,9-10H,2-4H2,1H3;7H,3-6H2,1-2H3,(H,12,13,14)/q2*+1;;/p-1. The first kappa shape index (κ1) is 75.9. The Bertz CT molecular complexity index is 3770. The van der Waals surface area contributed by atoms with Gasteiger partial charge >= 0.3 is 17.9 Å². The molecule has 6 aromatic carbocycles. The number of Topliss-reactive ketones (excluding diaryl/α,β-unsaturated/α-hetero) is 1. The van der Waals surface area contributed by atoms with Gasteiger partial charge in [0.1, 0.15) is 35.1 Å². The Balaban J connectivity index is 0.000000162. The lowest BCUT2D eigenvalue weighted by molar-refractivity contribution is -0.162. The fraction of sp³-hybridized carbons (Fsp3) is 0.500. The number of hydrogen-bond acceptors (Lipinski definition) is 14. The van der Waals surface area contributed by atoms with Crippen LogP contribution >= 0.6 is 0 Å². The summed E-state index contributed by atoms with van der Waals surface area (Å²) in [5.74, 6) is 0.775. The predicted molar refractivity (Wildman–Crippen MR) is 385 cm³/mol. The summed E-state index contributed by atoms with van der Waals surface area (Å²) in [5.41, 5.74) is 2.60. The smallest absolute Gasteiger partial charge is 0.344 e. The lowest BCUT2D eigenvalue weighted by atomic mass is 9.70. The van der Waals surface area contributed by atoms with Gasteiger partial charge in [0, 0.05) is 60.8 Å². The van der Waals surface area contributed by atoms with Crippen LogP contribution < -0.4 is 9.47 Å². The van der Waals surface area contributed by atoms with Crippen LogP contribution in [0, 0.1) is 56.3 Å². The molecule has 6 fully saturated rings. The van der Waals surface area contributed by atoms with Crippen molar-refractivity contribution in [3.63, 3.8) is 0 Å². The molecule has 0 spiro atoms. The third kappa shape index (κ3) is 18.4. The van der Waals surface area contributed by atoms with Gasteiger partial charge in [-0.2, -0.15) is 8.42 Å². The third-order valence-corrected chi connectivity index (χ3v) is 28.1. The number of carbonyl (C=O) groups excluding carboxylic acids is 4. The zero-order valence-corrected chi connectivity index (χ0v) is 62.0. The summed E-state index contributed by atoms with van der Waals surface area (Å²) in [4.78, 5) is 55.8. The van der Waals surface area contributed by atoms with Crippen LogP contribution in [0.2, 0.25) is 0 Å². The van der Waals surface area contributed by atoms with E-state index in [2.05, 4.69) is 173 Å². The van der Waals surface area contributed by atoms with Crippen molar-refractivity contribution in [1.82, 2.24) is 0 Å². The van der Waals surface area contributed by atoms with Gasteiger partial charge in [-0.3, -0.25) is 18.6 Å². The summed E-state index contributed by atoms with van der Waals surface area (Å²) in [6, 6.07) is 51.3. The average Bonchev–Trinajstić information content (AvgIpc) is 1.56. The highest BCUT2D eigenvalue weighted by molar-refractivity contribution is 7.97. The molecule has 1 aliphatic heterocycles. The number of ether oxygens (including phenoxy) is 4. The highest BCUT2D eigenvalue weighted by Gasteiger charge is 2.66.